The standard InChI is InChI=1S/C22H28N4O7S/c1-5-25(6-2)34(31,32)20-14-17(11-12-19(20)33-7-3)24-21(27)15(4)23-22(28)16-9-8-10-18(13-16)26(29)30/h8-15H,5-7H2,1-4H3,(H,23,28)(H,24,27). The number of carbonyl (C=O) groups is 2. The van der Waals surface area contributed by atoms with Gasteiger partial charge in [0, 0.05) is 36.5 Å². The number of benzene rings is 2. The Balaban J connectivity index is 2.22. The van der Waals surface area contributed by atoms with Crippen LogP contribution in [0.5, 0.6) is 5.75 Å². The summed E-state index contributed by atoms with van der Waals surface area (Å²) in [5.41, 5.74) is -0.0146. The van der Waals surface area contributed by atoms with Gasteiger partial charge in [-0.15, -0.1) is 0 Å². The van der Waals surface area contributed by atoms with Gasteiger partial charge in [0.25, 0.3) is 11.6 Å². The molecule has 34 heavy (non-hydrogen) atoms. The van der Waals surface area contributed by atoms with Crippen LogP contribution in [0.25, 0.3) is 0 Å². The molecule has 0 spiro atoms. The normalized spacial score (nSPS) is 12.1. The van der Waals surface area contributed by atoms with Gasteiger partial charge >= 0.3 is 0 Å². The van der Waals surface area contributed by atoms with Gasteiger partial charge in [0.1, 0.15) is 16.7 Å². The van der Waals surface area contributed by atoms with E-state index in [-0.39, 0.29) is 47.3 Å². The molecule has 0 aliphatic rings. The van der Waals surface area contributed by atoms with Crippen LogP contribution < -0.4 is 15.4 Å². The maximum atomic E-state index is 13.1. The first-order chi connectivity index (χ1) is 16.0. The lowest BCUT2D eigenvalue weighted by Gasteiger charge is -2.21. The van der Waals surface area contributed by atoms with Crippen LogP contribution in [0.3, 0.4) is 0 Å². The summed E-state index contributed by atoms with van der Waals surface area (Å²) in [6.45, 7) is 7.40. The highest BCUT2D eigenvalue weighted by Crippen LogP contribution is 2.30. The third-order valence-electron chi connectivity index (χ3n) is 4.89. The van der Waals surface area contributed by atoms with Crippen molar-refractivity contribution >= 4 is 33.2 Å². The van der Waals surface area contributed by atoms with Crippen LogP contribution in [0.2, 0.25) is 0 Å². The van der Waals surface area contributed by atoms with E-state index in [4.69, 9.17) is 4.74 Å². The smallest absolute Gasteiger partial charge is 0.270 e. The molecule has 2 rings (SSSR count). The molecule has 0 aliphatic heterocycles. The first kappa shape index (κ1) is 26.7. The molecule has 11 nitrogen and oxygen atoms in total. The molecule has 2 N–H and O–H groups in total. The summed E-state index contributed by atoms with van der Waals surface area (Å²) < 4.78 is 32.9. The summed E-state index contributed by atoms with van der Waals surface area (Å²) in [5, 5.41) is 16.0. The minimum atomic E-state index is -3.87. The van der Waals surface area contributed by atoms with Crippen molar-refractivity contribution in [2.45, 2.75) is 38.6 Å². The van der Waals surface area contributed by atoms with E-state index in [0.29, 0.717) is 0 Å². The lowest BCUT2D eigenvalue weighted by Crippen LogP contribution is -2.41. The number of nitrogens with zero attached hydrogens (tertiary/aromatic N) is 2. The van der Waals surface area contributed by atoms with Gasteiger partial charge in [-0.05, 0) is 38.1 Å². The number of nitrogens with one attached hydrogen (secondary N) is 2. The molecule has 184 valence electrons. The van der Waals surface area contributed by atoms with Crippen LogP contribution in [0.1, 0.15) is 38.1 Å². The number of nitro benzene ring substituents is 1. The molecule has 0 aromatic heterocycles. The molecule has 1 unspecified atom stereocenters. The van der Waals surface area contributed by atoms with Crippen molar-refractivity contribution < 1.29 is 27.7 Å². The van der Waals surface area contributed by atoms with E-state index in [1.165, 1.54) is 47.6 Å². The van der Waals surface area contributed by atoms with Crippen LogP contribution in [0.15, 0.2) is 47.4 Å². The van der Waals surface area contributed by atoms with Gasteiger partial charge in [0.05, 0.1) is 11.5 Å². The summed E-state index contributed by atoms with van der Waals surface area (Å²) in [4.78, 5) is 35.3. The molecule has 2 amide bonds. The van der Waals surface area contributed by atoms with Crippen LogP contribution in [-0.2, 0) is 14.8 Å². The zero-order chi connectivity index (χ0) is 25.5. The van der Waals surface area contributed by atoms with E-state index >= 15 is 0 Å². The van der Waals surface area contributed by atoms with Gasteiger partial charge in [0.2, 0.25) is 15.9 Å². The highest BCUT2D eigenvalue weighted by molar-refractivity contribution is 7.89. The fraction of sp³-hybridized carbons (Fsp3) is 0.364. The van der Waals surface area contributed by atoms with Crippen LogP contribution in [0, 0.1) is 10.1 Å². The fourth-order valence-corrected chi connectivity index (χ4v) is 4.74. The summed E-state index contributed by atoms with van der Waals surface area (Å²) in [6.07, 6.45) is 0. The summed E-state index contributed by atoms with van der Waals surface area (Å²) in [6, 6.07) is 8.38. The molecule has 0 bridgehead atoms. The average molecular weight is 493 g/mol. The SMILES string of the molecule is CCOc1ccc(NC(=O)C(C)NC(=O)c2cccc([N+](=O)[O-])c2)cc1S(=O)(=O)N(CC)CC. The minimum absolute atomic E-state index is 0.0301. The lowest BCUT2D eigenvalue weighted by molar-refractivity contribution is -0.384. The molecule has 0 saturated carbocycles. The molecule has 2 aromatic carbocycles. The van der Waals surface area contributed by atoms with E-state index < -0.39 is 32.8 Å². The first-order valence-electron chi connectivity index (χ1n) is 10.7. The van der Waals surface area contributed by atoms with Crippen molar-refractivity contribution in [2.75, 3.05) is 25.0 Å². The van der Waals surface area contributed by atoms with Gasteiger partial charge in [-0.25, -0.2) is 8.42 Å². The van der Waals surface area contributed by atoms with Crippen molar-refractivity contribution in [2.24, 2.45) is 0 Å². The molecule has 0 saturated heterocycles. The Kier molecular flexibility index (Phi) is 9.10. The second-order valence-electron chi connectivity index (χ2n) is 7.18. The molecular weight excluding hydrogens is 464 g/mol. The second-order valence-corrected chi connectivity index (χ2v) is 9.08. The van der Waals surface area contributed by atoms with Crippen molar-refractivity contribution in [3.8, 4) is 5.75 Å². The van der Waals surface area contributed by atoms with Crippen LogP contribution >= 0.6 is 0 Å². The number of rotatable bonds is 11. The Morgan fingerprint density at radius 3 is 2.38 bits per heavy atom. The Labute approximate surface area is 198 Å². The molecule has 0 radical (unpaired) electrons. The third kappa shape index (κ3) is 6.29. The lowest BCUT2D eigenvalue weighted by atomic mass is 10.1. The second kappa shape index (κ2) is 11.6. The number of amides is 2. The summed E-state index contributed by atoms with van der Waals surface area (Å²) in [7, 11) is -3.87. The van der Waals surface area contributed by atoms with Gasteiger partial charge in [-0.1, -0.05) is 19.9 Å². The number of carbonyl (C=O) groups excluding carboxylic acids is 2. The largest absolute Gasteiger partial charge is 0.492 e. The summed E-state index contributed by atoms with van der Waals surface area (Å²) >= 11 is 0. The maximum Gasteiger partial charge on any atom is 0.270 e. The predicted molar refractivity (Wildman–Crippen MR) is 126 cm³/mol. The quantitative estimate of drug-likeness (QED) is 0.362. The zero-order valence-corrected chi connectivity index (χ0v) is 20.2. The fourth-order valence-electron chi connectivity index (χ4n) is 3.12. The number of non-ortho nitro benzene ring substituents is 1. The van der Waals surface area contributed by atoms with Crippen LogP contribution in [0.4, 0.5) is 11.4 Å². The number of ether oxygens (including phenoxy) is 1. The van der Waals surface area contributed by atoms with E-state index in [0.717, 1.165) is 6.07 Å². The van der Waals surface area contributed by atoms with Crippen molar-refractivity contribution in [1.82, 2.24) is 9.62 Å². The van der Waals surface area contributed by atoms with Crippen molar-refractivity contribution in [3.05, 3.63) is 58.1 Å². The topological polar surface area (TPSA) is 148 Å². The first-order valence-corrected chi connectivity index (χ1v) is 12.1. The molecule has 0 heterocycles. The van der Waals surface area contributed by atoms with E-state index in [1.807, 2.05) is 0 Å². The van der Waals surface area contributed by atoms with Crippen LogP contribution in [-0.4, -0.2) is 55.2 Å². The van der Waals surface area contributed by atoms with Crippen molar-refractivity contribution in [1.29, 1.82) is 0 Å². The van der Waals surface area contributed by atoms with E-state index in [9.17, 15) is 28.1 Å². The molecule has 12 heteroatoms. The number of anilines is 1. The third-order valence-corrected chi connectivity index (χ3v) is 6.97. The number of sulfonamides is 1. The summed E-state index contributed by atoms with van der Waals surface area (Å²) in [5.74, 6) is -1.10. The Morgan fingerprint density at radius 1 is 1.12 bits per heavy atom. The zero-order valence-electron chi connectivity index (χ0n) is 19.4. The van der Waals surface area contributed by atoms with Gasteiger partial charge in [-0.2, -0.15) is 4.31 Å². The van der Waals surface area contributed by atoms with Gasteiger partial charge < -0.3 is 15.4 Å². The molecule has 0 aliphatic carbocycles. The van der Waals surface area contributed by atoms with Crippen molar-refractivity contribution in [3.63, 3.8) is 0 Å². The molecule has 1 atom stereocenters. The van der Waals surface area contributed by atoms with Gasteiger partial charge in [0.15, 0.2) is 0 Å². The monoisotopic (exact) mass is 492 g/mol. The Morgan fingerprint density at radius 2 is 1.79 bits per heavy atom. The molecule has 2 aromatic rings. The van der Waals surface area contributed by atoms with Gasteiger partial charge in [-0.3, -0.25) is 19.7 Å². The maximum absolute atomic E-state index is 13.1. The Bertz CT molecular complexity index is 1160. The van der Waals surface area contributed by atoms with E-state index in [2.05, 4.69) is 10.6 Å². The molecular formula is C22H28N4O7S. The predicted octanol–water partition coefficient (Wildman–Crippen LogP) is 2.78. The number of hydrogen-bond acceptors (Lipinski definition) is 7. The number of hydrogen-bond donors (Lipinski definition) is 2. The minimum Gasteiger partial charge on any atom is -0.492 e. The number of nitro groups is 1. The molecule has 0 fully saturated rings. The highest BCUT2D eigenvalue weighted by Gasteiger charge is 2.27. The highest BCUT2D eigenvalue weighted by atomic mass is 32.2. The average Bonchev–Trinajstić information content (AvgIpc) is 2.80. The van der Waals surface area contributed by atoms with E-state index in [1.54, 1.807) is 20.8 Å². The Hall–Kier alpha value is -3.51.